The number of nitrogens with zero attached hydrogens (tertiary/aromatic N) is 1. The highest BCUT2D eigenvalue weighted by molar-refractivity contribution is 9.09. The van der Waals surface area contributed by atoms with Crippen LogP contribution in [0.2, 0.25) is 0 Å². The number of sulfonamides is 1. The molecular weight excluding hydrogens is 382 g/mol. The zero-order valence-corrected chi connectivity index (χ0v) is 15.7. The molecule has 1 aromatic carbocycles. The summed E-state index contributed by atoms with van der Waals surface area (Å²) in [7, 11) is -3.81. The number of halogens is 1. The second kappa shape index (κ2) is 9.20. The molecular formula is C16H22BrNO4S. The topological polar surface area (TPSA) is 63.7 Å². The number of carbonyl (C=O) groups is 1. The number of benzene rings is 1. The van der Waals surface area contributed by atoms with E-state index in [9.17, 15) is 13.2 Å². The molecule has 0 bridgehead atoms. The van der Waals surface area contributed by atoms with Crippen LogP contribution in [0.1, 0.15) is 20.3 Å². The van der Waals surface area contributed by atoms with Crippen molar-refractivity contribution in [2.24, 2.45) is 5.92 Å². The number of hydrogen-bond donors (Lipinski definition) is 0. The maximum absolute atomic E-state index is 12.8. The van der Waals surface area contributed by atoms with Gasteiger partial charge >= 0.3 is 5.97 Å². The van der Waals surface area contributed by atoms with E-state index in [4.69, 9.17) is 4.74 Å². The number of esters is 1. The second-order valence-corrected chi connectivity index (χ2v) is 7.78. The summed E-state index contributed by atoms with van der Waals surface area (Å²) in [5.74, 6) is -0.443. The Morgan fingerprint density at radius 2 is 1.96 bits per heavy atom. The normalized spacial score (nSPS) is 13.1. The Morgan fingerprint density at radius 3 is 2.43 bits per heavy atom. The van der Waals surface area contributed by atoms with E-state index in [1.807, 2.05) is 13.8 Å². The number of alkyl halides is 1. The molecule has 1 atom stereocenters. The molecule has 0 saturated carbocycles. The largest absolute Gasteiger partial charge is 0.460 e. The van der Waals surface area contributed by atoms with E-state index in [0.29, 0.717) is 6.42 Å². The summed E-state index contributed by atoms with van der Waals surface area (Å²) < 4.78 is 31.9. The minimum absolute atomic E-state index is 0.00477. The van der Waals surface area contributed by atoms with E-state index in [2.05, 4.69) is 22.5 Å². The molecule has 0 N–H and O–H groups in total. The van der Waals surface area contributed by atoms with Gasteiger partial charge in [-0.3, -0.25) is 4.79 Å². The van der Waals surface area contributed by atoms with Crippen molar-refractivity contribution in [3.63, 3.8) is 0 Å². The highest BCUT2D eigenvalue weighted by Crippen LogP contribution is 2.23. The SMILES string of the molecule is C=CCOC(=O)[C@@H](CC(C)C)N(CBr)S(=O)(=O)c1ccccc1. The Morgan fingerprint density at radius 1 is 1.35 bits per heavy atom. The van der Waals surface area contributed by atoms with Crippen molar-refractivity contribution in [3.05, 3.63) is 43.0 Å². The molecule has 0 aliphatic heterocycles. The van der Waals surface area contributed by atoms with Crippen molar-refractivity contribution in [1.29, 1.82) is 0 Å². The summed E-state index contributed by atoms with van der Waals surface area (Å²) in [4.78, 5) is 12.5. The summed E-state index contributed by atoms with van der Waals surface area (Å²) >= 11 is 3.19. The van der Waals surface area contributed by atoms with Crippen LogP contribution >= 0.6 is 15.9 Å². The maximum Gasteiger partial charge on any atom is 0.324 e. The monoisotopic (exact) mass is 403 g/mol. The Kier molecular flexibility index (Phi) is 7.94. The van der Waals surface area contributed by atoms with E-state index < -0.39 is 22.0 Å². The Balaban J connectivity index is 3.18. The fourth-order valence-corrected chi connectivity index (χ4v) is 4.62. The van der Waals surface area contributed by atoms with Gasteiger partial charge in [0.25, 0.3) is 0 Å². The van der Waals surface area contributed by atoms with Crippen molar-refractivity contribution in [2.75, 3.05) is 12.1 Å². The minimum Gasteiger partial charge on any atom is -0.460 e. The van der Waals surface area contributed by atoms with Gasteiger partial charge < -0.3 is 4.74 Å². The van der Waals surface area contributed by atoms with Gasteiger partial charge in [-0.2, -0.15) is 4.31 Å². The molecule has 0 unspecified atom stereocenters. The first kappa shape index (κ1) is 19.9. The lowest BCUT2D eigenvalue weighted by atomic mass is 10.0. The molecule has 1 aromatic rings. The van der Waals surface area contributed by atoms with Crippen LogP contribution in [-0.4, -0.2) is 36.8 Å². The van der Waals surface area contributed by atoms with Crippen molar-refractivity contribution in [3.8, 4) is 0 Å². The molecule has 0 fully saturated rings. The Bertz CT molecular complexity index is 616. The third kappa shape index (κ3) is 5.44. The number of carbonyl (C=O) groups excluding carboxylic acids is 1. The van der Waals surface area contributed by atoms with Gasteiger partial charge in [0.15, 0.2) is 0 Å². The standard InChI is InChI=1S/C16H22BrNO4S/c1-4-10-22-16(19)15(11-13(2)3)18(12-17)23(20,21)14-8-6-5-7-9-14/h4-9,13,15H,1,10-12H2,2-3H3/t15-/m1/s1. The summed E-state index contributed by atoms with van der Waals surface area (Å²) in [6.45, 7) is 7.40. The van der Waals surface area contributed by atoms with Gasteiger partial charge in [0.1, 0.15) is 12.6 Å². The van der Waals surface area contributed by atoms with Gasteiger partial charge in [0, 0.05) is 0 Å². The predicted molar refractivity (Wildman–Crippen MR) is 93.7 cm³/mol. The van der Waals surface area contributed by atoms with Crippen LogP contribution in [0.25, 0.3) is 0 Å². The van der Waals surface area contributed by atoms with Gasteiger partial charge in [-0.15, -0.1) is 0 Å². The number of hydrogen-bond acceptors (Lipinski definition) is 4. The lowest BCUT2D eigenvalue weighted by molar-refractivity contribution is -0.147. The first-order valence-corrected chi connectivity index (χ1v) is 9.81. The van der Waals surface area contributed by atoms with Gasteiger partial charge in [0.05, 0.1) is 10.3 Å². The summed E-state index contributed by atoms with van der Waals surface area (Å²) in [6.07, 6.45) is 1.82. The summed E-state index contributed by atoms with van der Waals surface area (Å²) in [5, 5.41) is 0. The van der Waals surface area contributed by atoms with Crippen LogP contribution < -0.4 is 0 Å². The predicted octanol–water partition coefficient (Wildman–Crippen LogP) is 3.17. The molecule has 5 nitrogen and oxygen atoms in total. The van der Waals surface area contributed by atoms with E-state index >= 15 is 0 Å². The van der Waals surface area contributed by atoms with Crippen LogP contribution in [0.4, 0.5) is 0 Å². The molecule has 0 aliphatic carbocycles. The van der Waals surface area contributed by atoms with Gasteiger partial charge in [-0.05, 0) is 24.5 Å². The second-order valence-electron chi connectivity index (χ2n) is 5.39. The zero-order chi connectivity index (χ0) is 17.5. The number of rotatable bonds is 9. The Labute approximate surface area is 146 Å². The fraction of sp³-hybridized carbons (Fsp3) is 0.438. The van der Waals surface area contributed by atoms with Crippen LogP contribution in [0.5, 0.6) is 0 Å². The van der Waals surface area contributed by atoms with Crippen molar-refractivity contribution in [1.82, 2.24) is 4.31 Å². The first-order valence-electron chi connectivity index (χ1n) is 7.25. The molecule has 7 heteroatoms. The Hall–Kier alpha value is -1.18. The zero-order valence-electron chi connectivity index (χ0n) is 13.3. The van der Waals surface area contributed by atoms with Crippen molar-refractivity contribution in [2.45, 2.75) is 31.2 Å². The molecule has 0 spiro atoms. The van der Waals surface area contributed by atoms with Gasteiger partial charge in [0.2, 0.25) is 10.0 Å². The molecule has 128 valence electrons. The lowest BCUT2D eigenvalue weighted by Crippen LogP contribution is -2.45. The van der Waals surface area contributed by atoms with E-state index in [1.54, 1.807) is 18.2 Å². The van der Waals surface area contributed by atoms with Crippen LogP contribution in [0, 0.1) is 5.92 Å². The molecule has 1 rings (SSSR count). The smallest absolute Gasteiger partial charge is 0.324 e. The van der Waals surface area contributed by atoms with Gasteiger partial charge in [-0.1, -0.05) is 60.6 Å². The van der Waals surface area contributed by atoms with E-state index in [1.165, 1.54) is 18.2 Å². The quantitative estimate of drug-likeness (QED) is 0.275. The minimum atomic E-state index is -3.81. The van der Waals surface area contributed by atoms with E-state index in [0.717, 1.165) is 4.31 Å². The van der Waals surface area contributed by atoms with Crippen molar-refractivity contribution >= 4 is 31.9 Å². The number of ether oxygens (including phenoxy) is 1. The van der Waals surface area contributed by atoms with Crippen LogP contribution in [0.3, 0.4) is 0 Å². The van der Waals surface area contributed by atoms with Crippen LogP contribution in [-0.2, 0) is 19.6 Å². The van der Waals surface area contributed by atoms with E-state index in [-0.39, 0.29) is 22.9 Å². The highest BCUT2D eigenvalue weighted by atomic mass is 79.9. The molecule has 0 radical (unpaired) electrons. The van der Waals surface area contributed by atoms with Gasteiger partial charge in [-0.25, -0.2) is 8.42 Å². The molecule has 0 aliphatic rings. The molecule has 0 amide bonds. The summed E-state index contributed by atoms with van der Waals surface area (Å²) in [5.41, 5.74) is 0.00477. The maximum atomic E-state index is 12.8. The molecule has 0 aromatic heterocycles. The third-order valence-corrected chi connectivity index (χ3v) is 5.87. The summed E-state index contributed by atoms with van der Waals surface area (Å²) in [6, 6.07) is 7.15. The molecule has 23 heavy (non-hydrogen) atoms. The van der Waals surface area contributed by atoms with Crippen LogP contribution in [0.15, 0.2) is 47.9 Å². The average molecular weight is 404 g/mol. The highest BCUT2D eigenvalue weighted by Gasteiger charge is 2.36. The van der Waals surface area contributed by atoms with Crippen molar-refractivity contribution < 1.29 is 17.9 Å². The third-order valence-electron chi connectivity index (χ3n) is 3.13. The first-order chi connectivity index (χ1) is 10.8. The molecule has 0 saturated heterocycles. The fourth-order valence-electron chi connectivity index (χ4n) is 2.06. The average Bonchev–Trinajstić information content (AvgIpc) is 2.52. The lowest BCUT2D eigenvalue weighted by Gasteiger charge is -2.28. The molecule has 0 heterocycles.